The smallest absolute Gasteiger partial charge is 0.303 e. The molecular formula is C19H21FO3. The number of carbonyl (C=O) groups is 1. The van der Waals surface area contributed by atoms with Gasteiger partial charge >= 0.3 is 5.97 Å². The highest BCUT2D eigenvalue weighted by Gasteiger charge is 2.15. The number of halogens is 1. The van der Waals surface area contributed by atoms with Crippen LogP contribution in [0.2, 0.25) is 0 Å². The van der Waals surface area contributed by atoms with E-state index in [1.807, 2.05) is 26.0 Å². The van der Waals surface area contributed by atoms with Crippen LogP contribution in [0.15, 0.2) is 24.3 Å². The van der Waals surface area contributed by atoms with Crippen molar-refractivity contribution in [3.8, 4) is 16.9 Å². The van der Waals surface area contributed by atoms with Gasteiger partial charge in [-0.2, -0.15) is 0 Å². The second-order valence-electron chi connectivity index (χ2n) is 5.74. The second kappa shape index (κ2) is 6.82. The summed E-state index contributed by atoms with van der Waals surface area (Å²) in [6, 6.07) is 7.43. The summed E-state index contributed by atoms with van der Waals surface area (Å²) in [5, 5.41) is 8.84. The standard InChI is InChI=1S/C19H21FO3/c1-11-5-7-16(23-4)13(3)18(11)15-9-12(2)19(20)14(10-15)6-8-17(21)22/h5,7,9-10H,6,8H2,1-4H3,(H,21,22). The van der Waals surface area contributed by atoms with Crippen LogP contribution in [0.4, 0.5) is 4.39 Å². The van der Waals surface area contributed by atoms with Crippen LogP contribution in [0.1, 0.15) is 28.7 Å². The SMILES string of the molecule is COc1ccc(C)c(-c2cc(C)c(F)c(CCC(=O)O)c2)c1C. The normalized spacial score (nSPS) is 10.7. The quantitative estimate of drug-likeness (QED) is 0.887. The number of aryl methyl sites for hydroxylation is 3. The fourth-order valence-electron chi connectivity index (χ4n) is 2.90. The molecule has 0 fully saturated rings. The number of hydrogen-bond donors (Lipinski definition) is 1. The summed E-state index contributed by atoms with van der Waals surface area (Å²) in [4.78, 5) is 10.8. The van der Waals surface area contributed by atoms with Gasteiger partial charge in [0.05, 0.1) is 7.11 Å². The van der Waals surface area contributed by atoms with Crippen molar-refractivity contribution >= 4 is 5.97 Å². The largest absolute Gasteiger partial charge is 0.496 e. The van der Waals surface area contributed by atoms with Crippen LogP contribution in [0.5, 0.6) is 5.75 Å². The molecule has 122 valence electrons. The first-order valence-electron chi connectivity index (χ1n) is 7.50. The molecule has 2 aromatic carbocycles. The summed E-state index contributed by atoms with van der Waals surface area (Å²) in [6.45, 7) is 5.67. The van der Waals surface area contributed by atoms with E-state index in [0.29, 0.717) is 11.1 Å². The van der Waals surface area contributed by atoms with E-state index in [-0.39, 0.29) is 18.7 Å². The van der Waals surface area contributed by atoms with Crippen molar-refractivity contribution in [2.45, 2.75) is 33.6 Å². The van der Waals surface area contributed by atoms with Crippen molar-refractivity contribution in [3.63, 3.8) is 0 Å². The van der Waals surface area contributed by atoms with Gasteiger partial charge in [0.15, 0.2) is 0 Å². The van der Waals surface area contributed by atoms with Crippen LogP contribution in [-0.2, 0) is 11.2 Å². The zero-order chi connectivity index (χ0) is 17.1. The maximum Gasteiger partial charge on any atom is 0.303 e. The lowest BCUT2D eigenvalue weighted by atomic mass is 9.91. The molecule has 0 aliphatic heterocycles. The molecule has 0 saturated carbocycles. The summed E-state index contributed by atoms with van der Waals surface area (Å²) >= 11 is 0. The predicted octanol–water partition coefficient (Wildman–Crippen LogP) is 4.44. The molecule has 0 bridgehead atoms. The number of rotatable bonds is 5. The van der Waals surface area contributed by atoms with E-state index in [9.17, 15) is 9.18 Å². The number of methoxy groups -OCH3 is 1. The average molecular weight is 316 g/mol. The Labute approximate surface area is 135 Å². The van der Waals surface area contributed by atoms with Crippen LogP contribution in [0.3, 0.4) is 0 Å². The molecule has 23 heavy (non-hydrogen) atoms. The van der Waals surface area contributed by atoms with Crippen LogP contribution in [0.25, 0.3) is 11.1 Å². The average Bonchev–Trinajstić information content (AvgIpc) is 2.49. The molecule has 0 amide bonds. The van der Waals surface area contributed by atoms with Gasteiger partial charge in [0, 0.05) is 6.42 Å². The van der Waals surface area contributed by atoms with E-state index < -0.39 is 5.97 Å². The molecule has 0 spiro atoms. The first-order valence-corrected chi connectivity index (χ1v) is 7.50. The summed E-state index contributed by atoms with van der Waals surface area (Å²) in [5.41, 5.74) is 4.90. The topological polar surface area (TPSA) is 46.5 Å². The summed E-state index contributed by atoms with van der Waals surface area (Å²) < 4.78 is 19.7. The summed E-state index contributed by atoms with van der Waals surface area (Å²) in [7, 11) is 1.62. The van der Waals surface area contributed by atoms with E-state index in [0.717, 1.165) is 28.0 Å². The van der Waals surface area contributed by atoms with Crippen molar-refractivity contribution in [1.29, 1.82) is 0 Å². The van der Waals surface area contributed by atoms with Gasteiger partial charge in [0.1, 0.15) is 11.6 Å². The number of benzene rings is 2. The zero-order valence-electron chi connectivity index (χ0n) is 13.9. The predicted molar refractivity (Wildman–Crippen MR) is 88.6 cm³/mol. The van der Waals surface area contributed by atoms with Crippen LogP contribution in [0, 0.1) is 26.6 Å². The Morgan fingerprint density at radius 3 is 2.48 bits per heavy atom. The molecule has 4 heteroatoms. The minimum absolute atomic E-state index is 0.0874. The Kier molecular flexibility index (Phi) is 5.04. The highest BCUT2D eigenvalue weighted by Crippen LogP contribution is 2.35. The molecule has 0 atom stereocenters. The molecule has 0 aromatic heterocycles. The molecule has 0 aliphatic carbocycles. The molecule has 0 unspecified atom stereocenters. The first-order chi connectivity index (χ1) is 10.8. The van der Waals surface area contributed by atoms with Crippen molar-refractivity contribution in [2.75, 3.05) is 7.11 Å². The molecule has 2 aromatic rings. The van der Waals surface area contributed by atoms with Gasteiger partial charge < -0.3 is 9.84 Å². The van der Waals surface area contributed by atoms with Gasteiger partial charge in [-0.05, 0) is 78.8 Å². The highest BCUT2D eigenvalue weighted by molar-refractivity contribution is 5.74. The van der Waals surface area contributed by atoms with Crippen LogP contribution in [-0.4, -0.2) is 18.2 Å². The van der Waals surface area contributed by atoms with E-state index in [1.54, 1.807) is 26.2 Å². The molecule has 3 nitrogen and oxygen atoms in total. The van der Waals surface area contributed by atoms with Gasteiger partial charge in [-0.1, -0.05) is 6.07 Å². The third-order valence-electron chi connectivity index (χ3n) is 4.07. The highest BCUT2D eigenvalue weighted by atomic mass is 19.1. The maximum atomic E-state index is 14.3. The Hall–Kier alpha value is -2.36. The van der Waals surface area contributed by atoms with Gasteiger partial charge in [-0.25, -0.2) is 4.39 Å². The fourth-order valence-corrected chi connectivity index (χ4v) is 2.90. The molecule has 1 N–H and O–H groups in total. The monoisotopic (exact) mass is 316 g/mol. The zero-order valence-corrected chi connectivity index (χ0v) is 13.9. The van der Waals surface area contributed by atoms with E-state index in [2.05, 4.69) is 0 Å². The first kappa shape index (κ1) is 17.0. The fraction of sp³-hybridized carbons (Fsp3) is 0.316. The van der Waals surface area contributed by atoms with Crippen molar-refractivity contribution < 1.29 is 19.0 Å². The second-order valence-corrected chi connectivity index (χ2v) is 5.74. The van der Waals surface area contributed by atoms with Crippen molar-refractivity contribution in [1.82, 2.24) is 0 Å². The molecule has 2 rings (SSSR count). The lowest BCUT2D eigenvalue weighted by Crippen LogP contribution is -2.02. The Bertz CT molecular complexity index is 751. The lowest BCUT2D eigenvalue weighted by molar-refractivity contribution is -0.136. The molecule has 0 aliphatic rings. The van der Waals surface area contributed by atoms with Crippen molar-refractivity contribution in [2.24, 2.45) is 0 Å². The number of carboxylic acid groups (broad SMARTS) is 1. The number of aliphatic carboxylic acids is 1. The Balaban J connectivity index is 2.58. The molecule has 0 radical (unpaired) electrons. The van der Waals surface area contributed by atoms with Crippen LogP contribution < -0.4 is 4.74 Å². The Morgan fingerprint density at radius 1 is 1.17 bits per heavy atom. The Morgan fingerprint density at radius 2 is 1.87 bits per heavy atom. The van der Waals surface area contributed by atoms with Crippen molar-refractivity contribution in [3.05, 3.63) is 52.3 Å². The minimum Gasteiger partial charge on any atom is -0.496 e. The molecular weight excluding hydrogens is 295 g/mol. The maximum absolute atomic E-state index is 14.3. The van der Waals surface area contributed by atoms with E-state index >= 15 is 0 Å². The van der Waals surface area contributed by atoms with Gasteiger partial charge in [0.25, 0.3) is 0 Å². The van der Waals surface area contributed by atoms with Gasteiger partial charge in [-0.15, -0.1) is 0 Å². The number of hydrogen-bond acceptors (Lipinski definition) is 2. The third-order valence-corrected chi connectivity index (χ3v) is 4.07. The van der Waals surface area contributed by atoms with Crippen LogP contribution >= 0.6 is 0 Å². The molecule has 0 saturated heterocycles. The number of carboxylic acids is 1. The summed E-state index contributed by atoms with van der Waals surface area (Å²) in [5.74, 6) is -0.478. The lowest BCUT2D eigenvalue weighted by Gasteiger charge is -2.16. The van der Waals surface area contributed by atoms with Gasteiger partial charge in [0.2, 0.25) is 0 Å². The minimum atomic E-state index is -0.929. The van der Waals surface area contributed by atoms with E-state index in [4.69, 9.17) is 9.84 Å². The molecule has 0 heterocycles. The third kappa shape index (κ3) is 3.52. The number of ether oxygens (including phenoxy) is 1. The van der Waals surface area contributed by atoms with E-state index in [1.165, 1.54) is 0 Å². The van der Waals surface area contributed by atoms with Gasteiger partial charge in [-0.3, -0.25) is 4.79 Å². The summed E-state index contributed by atoms with van der Waals surface area (Å²) in [6.07, 6.45) is 0.0911.